The molecule has 2 nitrogen and oxygen atoms in total. The van der Waals surface area contributed by atoms with Gasteiger partial charge in [-0.2, -0.15) is 0 Å². The molecule has 2 heteroatoms. The quantitative estimate of drug-likeness (QED) is 0.194. The lowest BCUT2D eigenvalue weighted by molar-refractivity contribution is 0.660. The van der Waals surface area contributed by atoms with E-state index in [4.69, 9.17) is 0 Å². The Labute approximate surface area is 261 Å². The van der Waals surface area contributed by atoms with Crippen molar-refractivity contribution < 1.29 is 0 Å². The van der Waals surface area contributed by atoms with E-state index in [9.17, 15) is 0 Å². The minimum absolute atomic E-state index is 0.0267. The number of hydrogen-bond acceptors (Lipinski definition) is 0. The van der Waals surface area contributed by atoms with Gasteiger partial charge in [-0.25, -0.2) is 0 Å². The summed E-state index contributed by atoms with van der Waals surface area (Å²) in [5.74, 6) is 0. The molecule has 0 N–H and O–H groups in total. The normalized spacial score (nSPS) is 13.7. The Balaban J connectivity index is 1.37. The molecule has 0 fully saturated rings. The number of aromatic nitrogens is 2. The molecular formula is C43H30N2. The molecule has 7 aromatic carbocycles. The van der Waals surface area contributed by atoms with Crippen LogP contribution < -0.4 is 0 Å². The lowest BCUT2D eigenvalue weighted by Crippen LogP contribution is -2.14. The van der Waals surface area contributed by atoms with Gasteiger partial charge in [-0.1, -0.05) is 123 Å². The molecule has 2 heterocycles. The minimum Gasteiger partial charge on any atom is -0.307 e. The Morgan fingerprint density at radius 1 is 0.400 bits per heavy atom. The zero-order valence-corrected chi connectivity index (χ0v) is 25.3. The van der Waals surface area contributed by atoms with Gasteiger partial charge >= 0.3 is 0 Å². The number of benzene rings is 7. The fourth-order valence-corrected chi connectivity index (χ4v) is 8.20. The van der Waals surface area contributed by atoms with Gasteiger partial charge < -0.3 is 9.13 Å². The van der Waals surface area contributed by atoms with Gasteiger partial charge in [0.2, 0.25) is 0 Å². The third-order valence-electron chi connectivity index (χ3n) is 10.3. The molecule has 0 atom stereocenters. The summed E-state index contributed by atoms with van der Waals surface area (Å²) in [6.07, 6.45) is 0. The standard InChI is InChI=1S/C43H30N2/c1-43(2)37-16-8-5-13-31(37)36-26-30(21-24-38(36)43)45-40-18-10-7-15-33(40)35-23-22-34-32-14-6-9-17-39(32)44(41(34)42(35)45)29-20-19-27-11-3-4-12-28(27)25-29/h3-26H,1-2H3. The van der Waals surface area contributed by atoms with Crippen LogP contribution in [0, 0.1) is 0 Å². The fourth-order valence-electron chi connectivity index (χ4n) is 8.20. The van der Waals surface area contributed by atoms with Crippen molar-refractivity contribution in [3.8, 4) is 22.5 Å². The Bertz CT molecular complexity index is 2680. The summed E-state index contributed by atoms with van der Waals surface area (Å²) >= 11 is 0. The number of fused-ring (bicyclic) bond motifs is 11. The molecule has 10 rings (SSSR count). The SMILES string of the molecule is CC1(C)c2ccccc2-c2cc(-n3c4ccccc4c4ccc5c6ccccc6n(-c6ccc7ccccc7c6)c5c43)ccc21. The van der Waals surface area contributed by atoms with Crippen molar-refractivity contribution in [2.24, 2.45) is 0 Å². The van der Waals surface area contributed by atoms with Crippen LogP contribution in [0.2, 0.25) is 0 Å². The smallest absolute Gasteiger partial charge is 0.0788 e. The second-order valence-electron chi connectivity index (χ2n) is 13.0. The van der Waals surface area contributed by atoms with E-state index in [0.717, 1.165) is 0 Å². The Morgan fingerprint density at radius 2 is 0.933 bits per heavy atom. The molecule has 1 aliphatic rings. The highest BCUT2D eigenvalue weighted by molar-refractivity contribution is 6.24. The molecule has 0 unspecified atom stereocenters. The molecule has 0 saturated carbocycles. The van der Waals surface area contributed by atoms with E-state index in [0.29, 0.717) is 0 Å². The molecule has 1 aliphatic carbocycles. The van der Waals surface area contributed by atoms with Crippen LogP contribution >= 0.6 is 0 Å². The van der Waals surface area contributed by atoms with E-state index in [1.54, 1.807) is 0 Å². The summed E-state index contributed by atoms with van der Waals surface area (Å²) in [6.45, 7) is 4.70. The maximum atomic E-state index is 2.51. The lowest BCUT2D eigenvalue weighted by atomic mass is 9.82. The maximum Gasteiger partial charge on any atom is 0.0788 e. The topological polar surface area (TPSA) is 9.86 Å². The van der Waals surface area contributed by atoms with Gasteiger partial charge in [-0.3, -0.25) is 0 Å². The van der Waals surface area contributed by atoms with Crippen LogP contribution in [-0.4, -0.2) is 9.13 Å². The van der Waals surface area contributed by atoms with Crippen molar-refractivity contribution in [3.63, 3.8) is 0 Å². The third kappa shape index (κ3) is 3.24. The Hall–Kier alpha value is -5.60. The van der Waals surface area contributed by atoms with Crippen LogP contribution in [0.3, 0.4) is 0 Å². The first-order chi connectivity index (χ1) is 22.1. The lowest BCUT2D eigenvalue weighted by Gasteiger charge is -2.21. The number of hydrogen-bond donors (Lipinski definition) is 0. The highest BCUT2D eigenvalue weighted by Crippen LogP contribution is 2.50. The Morgan fingerprint density at radius 3 is 1.64 bits per heavy atom. The van der Waals surface area contributed by atoms with Crippen LogP contribution in [0.5, 0.6) is 0 Å². The van der Waals surface area contributed by atoms with Crippen LogP contribution in [0.1, 0.15) is 25.0 Å². The molecule has 0 aliphatic heterocycles. The first-order valence-electron chi connectivity index (χ1n) is 15.8. The van der Waals surface area contributed by atoms with E-state index < -0.39 is 0 Å². The molecule has 0 amide bonds. The third-order valence-corrected chi connectivity index (χ3v) is 10.3. The number of para-hydroxylation sites is 2. The van der Waals surface area contributed by atoms with E-state index in [1.807, 2.05) is 0 Å². The maximum absolute atomic E-state index is 2.51. The van der Waals surface area contributed by atoms with Crippen molar-refractivity contribution >= 4 is 54.4 Å². The average Bonchev–Trinajstić information content (AvgIpc) is 3.68. The van der Waals surface area contributed by atoms with Gasteiger partial charge in [0.05, 0.1) is 22.1 Å². The highest BCUT2D eigenvalue weighted by atomic mass is 15.0. The predicted octanol–water partition coefficient (Wildman–Crippen LogP) is 11.3. The molecular weight excluding hydrogens is 544 g/mol. The Kier molecular flexibility index (Phi) is 4.82. The van der Waals surface area contributed by atoms with Gasteiger partial charge in [-0.15, -0.1) is 0 Å². The summed E-state index contributed by atoms with van der Waals surface area (Å²) in [7, 11) is 0. The van der Waals surface area contributed by atoms with Crippen molar-refractivity contribution in [1.82, 2.24) is 9.13 Å². The molecule has 0 spiro atoms. The molecule has 212 valence electrons. The number of rotatable bonds is 2. The molecule has 9 aromatic rings. The van der Waals surface area contributed by atoms with Gasteiger partial charge in [0.15, 0.2) is 0 Å². The zero-order chi connectivity index (χ0) is 29.9. The van der Waals surface area contributed by atoms with Crippen LogP contribution in [0.4, 0.5) is 0 Å². The second kappa shape index (κ2) is 8.74. The first-order valence-corrected chi connectivity index (χ1v) is 15.8. The summed E-state index contributed by atoms with van der Waals surface area (Å²) in [5, 5.41) is 7.57. The summed E-state index contributed by atoms with van der Waals surface area (Å²) in [5.41, 5.74) is 12.7. The summed E-state index contributed by atoms with van der Waals surface area (Å²) in [4.78, 5) is 0. The molecule has 0 saturated heterocycles. The predicted molar refractivity (Wildman–Crippen MR) is 190 cm³/mol. The number of nitrogens with zero attached hydrogens (tertiary/aromatic N) is 2. The molecule has 0 bridgehead atoms. The fraction of sp³-hybridized carbons (Fsp3) is 0.0698. The largest absolute Gasteiger partial charge is 0.307 e. The van der Waals surface area contributed by atoms with Gasteiger partial charge in [0, 0.05) is 38.3 Å². The minimum atomic E-state index is -0.0267. The van der Waals surface area contributed by atoms with Crippen molar-refractivity contribution in [3.05, 3.63) is 157 Å². The monoisotopic (exact) mass is 574 g/mol. The molecule has 2 aromatic heterocycles. The van der Waals surface area contributed by atoms with Crippen molar-refractivity contribution in [2.75, 3.05) is 0 Å². The second-order valence-corrected chi connectivity index (χ2v) is 13.0. The van der Waals surface area contributed by atoms with Crippen molar-refractivity contribution in [2.45, 2.75) is 19.3 Å². The van der Waals surface area contributed by atoms with Crippen LogP contribution in [0.15, 0.2) is 146 Å². The van der Waals surface area contributed by atoms with Crippen LogP contribution in [0.25, 0.3) is 76.9 Å². The van der Waals surface area contributed by atoms with E-state index >= 15 is 0 Å². The summed E-state index contributed by atoms with van der Waals surface area (Å²) < 4.78 is 5.00. The van der Waals surface area contributed by atoms with E-state index in [2.05, 4.69) is 169 Å². The highest BCUT2D eigenvalue weighted by Gasteiger charge is 2.35. The summed E-state index contributed by atoms with van der Waals surface area (Å²) in [6, 6.07) is 53.9. The zero-order valence-electron chi connectivity index (χ0n) is 25.3. The average molecular weight is 575 g/mol. The van der Waals surface area contributed by atoms with Crippen molar-refractivity contribution in [1.29, 1.82) is 0 Å². The molecule has 0 radical (unpaired) electrons. The first kappa shape index (κ1) is 24.8. The molecule has 45 heavy (non-hydrogen) atoms. The van der Waals surface area contributed by atoms with Gasteiger partial charge in [0.1, 0.15) is 0 Å². The van der Waals surface area contributed by atoms with Gasteiger partial charge in [-0.05, 0) is 69.4 Å². The van der Waals surface area contributed by atoms with Crippen LogP contribution in [-0.2, 0) is 5.41 Å². The van der Waals surface area contributed by atoms with E-state index in [-0.39, 0.29) is 5.41 Å². The van der Waals surface area contributed by atoms with Gasteiger partial charge in [0.25, 0.3) is 0 Å². The van der Waals surface area contributed by atoms with E-state index in [1.165, 1.54) is 88.0 Å².